The van der Waals surface area contributed by atoms with Gasteiger partial charge in [-0.15, -0.1) is 0 Å². The number of carboxylic acid groups (broad SMARTS) is 1. The number of carbonyl (C=O) groups is 1. The van der Waals surface area contributed by atoms with Crippen molar-refractivity contribution >= 4 is 15.8 Å². The van der Waals surface area contributed by atoms with Gasteiger partial charge in [0.25, 0.3) is 0 Å². The Labute approximate surface area is 226 Å². The molecule has 0 saturated heterocycles. The van der Waals surface area contributed by atoms with Crippen molar-refractivity contribution in [2.75, 3.05) is 0 Å². The average molecular weight is 538 g/mol. The smallest absolute Gasteiger partial charge is 0.206 e. The number of sulfone groups is 1. The van der Waals surface area contributed by atoms with Crippen molar-refractivity contribution in [2.45, 2.75) is 87.2 Å². The Kier molecular flexibility index (Phi) is 11.7. The van der Waals surface area contributed by atoms with Gasteiger partial charge in [-0.1, -0.05) is 82.2 Å². The maximum atomic E-state index is 13.1. The highest BCUT2D eigenvalue weighted by Gasteiger charge is 2.19. The standard InChI is InChI=1S/C31H38O6S/c1-2-3-4-5-6-7-8-12-15-30(31(32)33)37-27-18-22-29(23-19-27)38(34,35)28-20-16-26(17-21-28)36-24-25-13-10-9-11-14-25/h9-11,13-14,16-23,30H,2-8,12,15,24H2,1H3,(H,32,33)/p-1. The van der Waals surface area contributed by atoms with Crippen LogP contribution in [0.15, 0.2) is 88.7 Å². The number of hydrogen-bond donors (Lipinski definition) is 0. The second kappa shape index (κ2) is 15.2. The van der Waals surface area contributed by atoms with E-state index in [1.807, 2.05) is 30.3 Å². The third kappa shape index (κ3) is 9.21. The molecule has 0 heterocycles. The number of unbranched alkanes of at least 4 members (excludes halogenated alkanes) is 7. The third-order valence-corrected chi connectivity index (χ3v) is 8.16. The van der Waals surface area contributed by atoms with Crippen LogP contribution < -0.4 is 14.6 Å². The highest BCUT2D eigenvalue weighted by Crippen LogP contribution is 2.26. The fourth-order valence-corrected chi connectivity index (χ4v) is 5.40. The van der Waals surface area contributed by atoms with Crippen molar-refractivity contribution in [3.05, 3.63) is 84.4 Å². The summed E-state index contributed by atoms with van der Waals surface area (Å²) in [4.78, 5) is 11.8. The molecular weight excluding hydrogens is 500 g/mol. The van der Waals surface area contributed by atoms with Gasteiger partial charge in [-0.2, -0.15) is 0 Å². The van der Waals surface area contributed by atoms with Crippen molar-refractivity contribution in [1.29, 1.82) is 0 Å². The van der Waals surface area contributed by atoms with Gasteiger partial charge in [-0.05, 0) is 66.9 Å². The Morgan fingerprint density at radius 3 is 1.82 bits per heavy atom. The number of carboxylic acids is 1. The van der Waals surface area contributed by atoms with E-state index in [1.165, 1.54) is 62.1 Å². The molecule has 0 fully saturated rings. The summed E-state index contributed by atoms with van der Waals surface area (Å²) in [7, 11) is -3.75. The SMILES string of the molecule is CCCCCCCCCCC(Oc1ccc(S(=O)(=O)c2ccc(OCc3ccccc3)cc2)cc1)C(=O)[O-]. The molecule has 0 aliphatic rings. The third-order valence-electron chi connectivity index (χ3n) is 6.38. The molecule has 38 heavy (non-hydrogen) atoms. The average Bonchev–Trinajstić information content (AvgIpc) is 2.93. The summed E-state index contributed by atoms with van der Waals surface area (Å²) in [5.41, 5.74) is 1.02. The molecule has 3 rings (SSSR count). The Bertz CT molecular complexity index is 1210. The van der Waals surface area contributed by atoms with Crippen LogP contribution in [0.1, 0.15) is 70.3 Å². The van der Waals surface area contributed by atoms with Crippen LogP contribution in [0.25, 0.3) is 0 Å². The minimum absolute atomic E-state index is 0.0934. The molecule has 3 aromatic carbocycles. The minimum Gasteiger partial charge on any atom is -0.546 e. The lowest BCUT2D eigenvalue weighted by Crippen LogP contribution is -2.39. The molecule has 7 heteroatoms. The lowest BCUT2D eigenvalue weighted by molar-refractivity contribution is -0.313. The van der Waals surface area contributed by atoms with Crippen LogP contribution in [0, 0.1) is 0 Å². The summed E-state index contributed by atoms with van der Waals surface area (Å²) < 4.78 is 37.5. The lowest BCUT2D eigenvalue weighted by atomic mass is 10.1. The molecule has 0 amide bonds. The first-order chi connectivity index (χ1) is 18.4. The predicted molar refractivity (Wildman–Crippen MR) is 146 cm³/mol. The quantitative estimate of drug-likeness (QED) is 0.192. The molecule has 1 atom stereocenters. The Morgan fingerprint density at radius 1 is 0.737 bits per heavy atom. The number of hydrogen-bond acceptors (Lipinski definition) is 6. The van der Waals surface area contributed by atoms with Crippen LogP contribution in [-0.4, -0.2) is 20.5 Å². The van der Waals surface area contributed by atoms with Gasteiger partial charge in [0.05, 0.1) is 15.8 Å². The highest BCUT2D eigenvalue weighted by atomic mass is 32.2. The molecule has 0 aliphatic heterocycles. The van der Waals surface area contributed by atoms with Crippen LogP contribution in [0.2, 0.25) is 0 Å². The van der Waals surface area contributed by atoms with Crippen LogP contribution in [0.3, 0.4) is 0 Å². The number of benzene rings is 3. The van der Waals surface area contributed by atoms with Crippen molar-refractivity contribution in [1.82, 2.24) is 0 Å². The monoisotopic (exact) mass is 537 g/mol. The van der Waals surface area contributed by atoms with E-state index in [-0.39, 0.29) is 9.79 Å². The summed E-state index contributed by atoms with van der Waals surface area (Å²) in [6, 6.07) is 21.8. The van der Waals surface area contributed by atoms with E-state index in [9.17, 15) is 18.3 Å². The Hall–Kier alpha value is -3.32. The van der Waals surface area contributed by atoms with Gasteiger partial charge in [0.1, 0.15) is 24.2 Å². The summed E-state index contributed by atoms with van der Waals surface area (Å²) in [6.45, 7) is 2.58. The predicted octanol–water partition coefficient (Wildman–Crippen LogP) is 6.13. The lowest BCUT2D eigenvalue weighted by Gasteiger charge is -2.20. The van der Waals surface area contributed by atoms with Crippen molar-refractivity contribution in [2.24, 2.45) is 0 Å². The van der Waals surface area contributed by atoms with Crippen LogP contribution >= 0.6 is 0 Å². The fourth-order valence-electron chi connectivity index (χ4n) is 4.14. The van der Waals surface area contributed by atoms with Crippen molar-refractivity contribution < 1.29 is 27.8 Å². The highest BCUT2D eigenvalue weighted by molar-refractivity contribution is 7.91. The fraction of sp³-hybridized carbons (Fsp3) is 0.387. The van der Waals surface area contributed by atoms with Crippen LogP contribution in [0.5, 0.6) is 11.5 Å². The molecule has 0 aliphatic carbocycles. The van der Waals surface area contributed by atoms with Crippen molar-refractivity contribution in [3.8, 4) is 11.5 Å². The maximum Gasteiger partial charge on any atom is 0.206 e. The first kappa shape index (κ1) is 29.2. The van der Waals surface area contributed by atoms with Gasteiger partial charge in [0.15, 0.2) is 0 Å². The Balaban J connectivity index is 1.52. The summed E-state index contributed by atoms with van der Waals surface area (Å²) in [5, 5.41) is 11.6. The van der Waals surface area contributed by atoms with Gasteiger partial charge >= 0.3 is 0 Å². The van der Waals surface area contributed by atoms with Gasteiger partial charge in [0, 0.05) is 0 Å². The molecule has 0 aromatic heterocycles. The van der Waals surface area contributed by atoms with E-state index in [0.29, 0.717) is 24.5 Å². The molecule has 1 unspecified atom stereocenters. The molecule has 0 N–H and O–H groups in total. The van der Waals surface area contributed by atoms with E-state index < -0.39 is 21.9 Å². The zero-order valence-corrected chi connectivity index (χ0v) is 22.8. The molecule has 0 saturated carbocycles. The van der Waals surface area contributed by atoms with Gasteiger partial charge in [-0.3, -0.25) is 0 Å². The first-order valence-corrected chi connectivity index (χ1v) is 14.9. The molecular formula is C31H37O6S-. The molecule has 6 nitrogen and oxygen atoms in total. The maximum absolute atomic E-state index is 13.1. The number of carbonyl (C=O) groups excluding carboxylic acids is 1. The van der Waals surface area contributed by atoms with E-state index >= 15 is 0 Å². The van der Waals surface area contributed by atoms with Gasteiger partial charge in [-0.25, -0.2) is 8.42 Å². The van der Waals surface area contributed by atoms with Crippen LogP contribution in [0.4, 0.5) is 0 Å². The van der Waals surface area contributed by atoms with Crippen LogP contribution in [-0.2, 0) is 21.2 Å². The molecule has 0 radical (unpaired) electrons. The van der Waals surface area contributed by atoms with Gasteiger partial charge < -0.3 is 19.4 Å². The van der Waals surface area contributed by atoms with E-state index in [2.05, 4.69) is 6.92 Å². The van der Waals surface area contributed by atoms with E-state index in [0.717, 1.165) is 31.2 Å². The molecule has 0 spiro atoms. The number of aliphatic carboxylic acids is 1. The second-order valence-corrected chi connectivity index (χ2v) is 11.4. The largest absolute Gasteiger partial charge is 0.546 e. The Morgan fingerprint density at radius 2 is 1.26 bits per heavy atom. The first-order valence-electron chi connectivity index (χ1n) is 13.4. The van der Waals surface area contributed by atoms with Crippen molar-refractivity contribution in [3.63, 3.8) is 0 Å². The molecule has 204 valence electrons. The summed E-state index contributed by atoms with van der Waals surface area (Å²) in [5.74, 6) is -0.400. The summed E-state index contributed by atoms with van der Waals surface area (Å²) >= 11 is 0. The second-order valence-electron chi connectivity index (χ2n) is 9.41. The molecule has 3 aromatic rings. The molecule has 0 bridgehead atoms. The number of rotatable bonds is 17. The summed E-state index contributed by atoms with van der Waals surface area (Å²) in [6.07, 6.45) is 8.17. The minimum atomic E-state index is -3.75. The zero-order valence-electron chi connectivity index (χ0n) is 22.0. The number of ether oxygens (including phenoxy) is 2. The zero-order chi connectivity index (χ0) is 27.2. The van der Waals surface area contributed by atoms with E-state index in [4.69, 9.17) is 9.47 Å². The van der Waals surface area contributed by atoms with Gasteiger partial charge in [0.2, 0.25) is 9.84 Å². The topological polar surface area (TPSA) is 92.7 Å². The van der Waals surface area contributed by atoms with E-state index in [1.54, 1.807) is 12.1 Å². The normalized spacial score (nSPS) is 12.1.